The lowest BCUT2D eigenvalue weighted by Crippen LogP contribution is -1.94. The molecule has 0 aliphatic rings. The molecule has 0 aromatic heterocycles. The Hall–Kier alpha value is -3.07. The Balaban J connectivity index is 1.77. The van der Waals surface area contributed by atoms with Gasteiger partial charge in [-0.25, -0.2) is 4.79 Å². The molecule has 3 aromatic rings. The number of ether oxygens (including phenoxy) is 1. The van der Waals surface area contributed by atoms with Gasteiger partial charge in [0.2, 0.25) is 0 Å². The summed E-state index contributed by atoms with van der Waals surface area (Å²) >= 11 is 0. The van der Waals surface area contributed by atoms with E-state index in [1.54, 1.807) is 24.3 Å². The zero-order valence-electron chi connectivity index (χ0n) is 11.8. The first kappa shape index (κ1) is 13.9. The standard InChI is InChI=1S/C19H14O3/c20-19(21)16-8-6-14(7-9-16)15-10-12-18(13-11-15)22-17-4-2-1-3-5-17/h1-13H,(H,20,21). The highest BCUT2D eigenvalue weighted by Crippen LogP contribution is 2.25. The fraction of sp³-hybridized carbons (Fsp3) is 0. The molecule has 0 spiro atoms. The van der Waals surface area contributed by atoms with Crippen molar-refractivity contribution >= 4 is 5.97 Å². The van der Waals surface area contributed by atoms with Gasteiger partial charge in [-0.15, -0.1) is 0 Å². The van der Waals surface area contributed by atoms with Crippen molar-refractivity contribution in [3.05, 3.63) is 84.4 Å². The smallest absolute Gasteiger partial charge is 0.335 e. The van der Waals surface area contributed by atoms with Crippen molar-refractivity contribution in [2.45, 2.75) is 0 Å². The van der Waals surface area contributed by atoms with Crippen LogP contribution in [0.3, 0.4) is 0 Å². The van der Waals surface area contributed by atoms with Gasteiger partial charge in [-0.1, -0.05) is 42.5 Å². The van der Waals surface area contributed by atoms with E-state index in [2.05, 4.69) is 0 Å². The van der Waals surface area contributed by atoms with E-state index >= 15 is 0 Å². The van der Waals surface area contributed by atoms with Gasteiger partial charge in [-0.3, -0.25) is 0 Å². The average Bonchev–Trinajstić information content (AvgIpc) is 2.57. The van der Waals surface area contributed by atoms with E-state index in [1.807, 2.05) is 54.6 Å². The molecule has 108 valence electrons. The van der Waals surface area contributed by atoms with Crippen LogP contribution in [0.4, 0.5) is 0 Å². The van der Waals surface area contributed by atoms with Gasteiger partial charge >= 0.3 is 5.97 Å². The van der Waals surface area contributed by atoms with Crippen LogP contribution in [0.2, 0.25) is 0 Å². The van der Waals surface area contributed by atoms with E-state index in [4.69, 9.17) is 9.84 Å². The zero-order valence-corrected chi connectivity index (χ0v) is 11.8. The maximum absolute atomic E-state index is 10.9. The molecule has 0 aliphatic heterocycles. The second kappa shape index (κ2) is 6.14. The van der Waals surface area contributed by atoms with E-state index in [1.165, 1.54) is 0 Å². The first-order valence-electron chi connectivity index (χ1n) is 6.89. The third kappa shape index (κ3) is 3.15. The minimum absolute atomic E-state index is 0.285. The number of para-hydroxylation sites is 1. The summed E-state index contributed by atoms with van der Waals surface area (Å²) in [7, 11) is 0. The van der Waals surface area contributed by atoms with Crippen LogP contribution in [0.1, 0.15) is 10.4 Å². The number of hydrogen-bond acceptors (Lipinski definition) is 2. The minimum atomic E-state index is -0.918. The van der Waals surface area contributed by atoms with Gasteiger partial charge in [0.05, 0.1) is 5.56 Å². The number of hydrogen-bond donors (Lipinski definition) is 1. The first-order valence-corrected chi connectivity index (χ1v) is 6.89. The van der Waals surface area contributed by atoms with Gasteiger partial charge in [0, 0.05) is 0 Å². The Kier molecular flexibility index (Phi) is 3.88. The van der Waals surface area contributed by atoms with Crippen molar-refractivity contribution in [1.82, 2.24) is 0 Å². The Morgan fingerprint density at radius 3 is 1.73 bits per heavy atom. The van der Waals surface area contributed by atoms with Crippen LogP contribution in [-0.4, -0.2) is 11.1 Å². The normalized spacial score (nSPS) is 10.2. The van der Waals surface area contributed by atoms with Crippen molar-refractivity contribution in [2.75, 3.05) is 0 Å². The Labute approximate surface area is 128 Å². The fourth-order valence-electron chi connectivity index (χ4n) is 2.15. The maximum Gasteiger partial charge on any atom is 0.335 e. The highest BCUT2D eigenvalue weighted by atomic mass is 16.5. The molecule has 0 fully saturated rings. The molecule has 1 N–H and O–H groups in total. The Morgan fingerprint density at radius 2 is 1.18 bits per heavy atom. The van der Waals surface area contributed by atoms with Gasteiger partial charge in [-0.05, 0) is 47.5 Å². The summed E-state index contributed by atoms with van der Waals surface area (Å²) in [4.78, 5) is 10.9. The summed E-state index contributed by atoms with van der Waals surface area (Å²) in [5.74, 6) is 0.635. The number of carboxylic acid groups (broad SMARTS) is 1. The number of benzene rings is 3. The van der Waals surface area contributed by atoms with Gasteiger partial charge in [-0.2, -0.15) is 0 Å². The van der Waals surface area contributed by atoms with Gasteiger partial charge in [0.1, 0.15) is 11.5 Å². The van der Waals surface area contributed by atoms with Crippen LogP contribution in [0.15, 0.2) is 78.9 Å². The van der Waals surface area contributed by atoms with Gasteiger partial charge in [0.25, 0.3) is 0 Å². The van der Waals surface area contributed by atoms with E-state index in [0.29, 0.717) is 0 Å². The van der Waals surface area contributed by atoms with E-state index in [0.717, 1.165) is 22.6 Å². The highest BCUT2D eigenvalue weighted by molar-refractivity contribution is 5.88. The molecule has 0 saturated carbocycles. The molecule has 0 atom stereocenters. The molecular formula is C19H14O3. The molecule has 3 rings (SSSR count). The van der Waals surface area contributed by atoms with E-state index < -0.39 is 5.97 Å². The highest BCUT2D eigenvalue weighted by Gasteiger charge is 2.03. The molecule has 0 bridgehead atoms. The summed E-state index contributed by atoms with van der Waals surface area (Å²) in [6.45, 7) is 0. The Bertz CT molecular complexity index is 760. The van der Waals surface area contributed by atoms with E-state index in [-0.39, 0.29) is 5.56 Å². The first-order chi connectivity index (χ1) is 10.7. The Morgan fingerprint density at radius 1 is 0.682 bits per heavy atom. The van der Waals surface area contributed by atoms with Crippen molar-refractivity contribution in [3.8, 4) is 22.6 Å². The lowest BCUT2D eigenvalue weighted by molar-refractivity contribution is 0.0697. The molecule has 0 radical (unpaired) electrons. The van der Waals surface area contributed by atoms with E-state index in [9.17, 15) is 4.79 Å². The molecule has 22 heavy (non-hydrogen) atoms. The number of aromatic carboxylic acids is 1. The summed E-state index contributed by atoms with van der Waals surface area (Å²) < 4.78 is 5.74. The van der Waals surface area contributed by atoms with Crippen LogP contribution >= 0.6 is 0 Å². The quantitative estimate of drug-likeness (QED) is 0.747. The second-order valence-corrected chi connectivity index (χ2v) is 4.82. The number of carbonyl (C=O) groups is 1. The van der Waals surface area contributed by atoms with Crippen LogP contribution in [0, 0.1) is 0 Å². The van der Waals surface area contributed by atoms with Crippen molar-refractivity contribution < 1.29 is 14.6 Å². The number of carboxylic acids is 1. The molecule has 0 amide bonds. The largest absolute Gasteiger partial charge is 0.478 e. The lowest BCUT2D eigenvalue weighted by Gasteiger charge is -2.07. The molecule has 0 aliphatic carbocycles. The monoisotopic (exact) mass is 290 g/mol. The summed E-state index contributed by atoms with van der Waals surface area (Å²) in [5.41, 5.74) is 2.27. The minimum Gasteiger partial charge on any atom is -0.478 e. The molecular weight excluding hydrogens is 276 g/mol. The fourth-order valence-corrected chi connectivity index (χ4v) is 2.15. The van der Waals surface area contributed by atoms with Crippen molar-refractivity contribution in [3.63, 3.8) is 0 Å². The summed E-state index contributed by atoms with van der Waals surface area (Å²) in [6.07, 6.45) is 0. The summed E-state index contributed by atoms with van der Waals surface area (Å²) in [6, 6.07) is 24.1. The summed E-state index contributed by atoms with van der Waals surface area (Å²) in [5, 5.41) is 8.91. The topological polar surface area (TPSA) is 46.5 Å². The zero-order chi connectivity index (χ0) is 15.4. The lowest BCUT2D eigenvalue weighted by atomic mass is 10.0. The number of rotatable bonds is 4. The van der Waals surface area contributed by atoms with Crippen molar-refractivity contribution in [1.29, 1.82) is 0 Å². The molecule has 3 aromatic carbocycles. The molecule has 3 heteroatoms. The second-order valence-electron chi connectivity index (χ2n) is 4.82. The van der Waals surface area contributed by atoms with Crippen LogP contribution < -0.4 is 4.74 Å². The average molecular weight is 290 g/mol. The van der Waals surface area contributed by atoms with Crippen LogP contribution in [0.5, 0.6) is 11.5 Å². The molecule has 0 saturated heterocycles. The molecule has 0 heterocycles. The SMILES string of the molecule is O=C(O)c1ccc(-c2ccc(Oc3ccccc3)cc2)cc1. The van der Waals surface area contributed by atoms with Gasteiger partial charge in [0.15, 0.2) is 0 Å². The molecule has 0 unspecified atom stereocenters. The third-order valence-corrected chi connectivity index (χ3v) is 3.30. The third-order valence-electron chi connectivity index (χ3n) is 3.30. The van der Waals surface area contributed by atoms with Gasteiger partial charge < -0.3 is 9.84 Å². The molecule has 3 nitrogen and oxygen atoms in total. The predicted octanol–water partition coefficient (Wildman–Crippen LogP) is 4.84. The van der Waals surface area contributed by atoms with Crippen molar-refractivity contribution in [2.24, 2.45) is 0 Å². The predicted molar refractivity (Wildman–Crippen MR) is 85.4 cm³/mol. The van der Waals surface area contributed by atoms with Crippen LogP contribution in [0.25, 0.3) is 11.1 Å². The maximum atomic E-state index is 10.9. The van der Waals surface area contributed by atoms with Crippen LogP contribution in [-0.2, 0) is 0 Å².